The first kappa shape index (κ1) is 19.5. The fourth-order valence-electron chi connectivity index (χ4n) is 3.02. The maximum atomic E-state index is 13.0. The highest BCUT2D eigenvalue weighted by Crippen LogP contribution is 2.31. The molecule has 7 nitrogen and oxygen atoms in total. The molecule has 4 rings (SSSR count). The van der Waals surface area contributed by atoms with E-state index in [2.05, 4.69) is 20.8 Å². The van der Waals surface area contributed by atoms with E-state index in [0.717, 1.165) is 23.3 Å². The van der Waals surface area contributed by atoms with Crippen LogP contribution in [0.25, 0.3) is 10.7 Å². The second-order valence-electron chi connectivity index (χ2n) is 7.16. The summed E-state index contributed by atoms with van der Waals surface area (Å²) in [6.45, 7) is 3.69. The molecule has 0 saturated heterocycles. The van der Waals surface area contributed by atoms with E-state index in [4.69, 9.17) is 12.2 Å². The zero-order valence-electron chi connectivity index (χ0n) is 16.1. The van der Waals surface area contributed by atoms with E-state index in [1.807, 2.05) is 36.6 Å². The van der Waals surface area contributed by atoms with E-state index in [1.165, 1.54) is 11.3 Å². The fraction of sp³-hybridized carbons (Fsp3) is 0.300. The number of rotatable bonds is 6. The molecule has 3 aromatic rings. The average Bonchev–Trinajstić information content (AvgIpc) is 3.28. The smallest absolute Gasteiger partial charge is 0.247 e. The quantitative estimate of drug-likeness (QED) is 0.504. The van der Waals surface area contributed by atoms with Crippen LogP contribution < -0.4 is 10.6 Å². The summed E-state index contributed by atoms with van der Waals surface area (Å²) in [7, 11) is 0. The van der Waals surface area contributed by atoms with E-state index < -0.39 is 6.04 Å². The minimum atomic E-state index is -0.567. The Kier molecular flexibility index (Phi) is 5.33. The van der Waals surface area contributed by atoms with Gasteiger partial charge in [0.05, 0.1) is 4.88 Å². The summed E-state index contributed by atoms with van der Waals surface area (Å²) in [5, 5.41) is 14.9. The molecule has 2 aromatic heterocycles. The summed E-state index contributed by atoms with van der Waals surface area (Å²) in [6.07, 6.45) is 1.88. The van der Waals surface area contributed by atoms with Crippen LogP contribution in [0.1, 0.15) is 31.4 Å². The standard InChI is InChI=1S/C20H21N5O2S2/c1-11-5-8-14(21-19(27)13-6-7-13)10-15(11)22-18(26)12(2)25-17(23-24-20(25)28)16-4-3-9-29-16/h3-5,8-10,12-13H,6-7H2,1-2H3,(H,21,27)(H,22,26)(H,24,28). The lowest BCUT2D eigenvalue weighted by atomic mass is 10.1. The summed E-state index contributed by atoms with van der Waals surface area (Å²) >= 11 is 6.89. The molecular formula is C20H21N5O2S2. The summed E-state index contributed by atoms with van der Waals surface area (Å²) < 4.78 is 2.10. The van der Waals surface area contributed by atoms with Gasteiger partial charge < -0.3 is 10.6 Å². The van der Waals surface area contributed by atoms with Crippen LogP contribution >= 0.6 is 23.6 Å². The molecule has 29 heavy (non-hydrogen) atoms. The highest BCUT2D eigenvalue weighted by atomic mass is 32.1. The molecule has 3 N–H and O–H groups in total. The molecule has 1 aromatic carbocycles. The van der Waals surface area contributed by atoms with Crippen molar-refractivity contribution in [3.05, 3.63) is 46.0 Å². The van der Waals surface area contributed by atoms with Crippen molar-refractivity contribution < 1.29 is 9.59 Å². The monoisotopic (exact) mass is 427 g/mol. The molecule has 9 heteroatoms. The Bertz CT molecular complexity index is 1110. The molecule has 0 bridgehead atoms. The average molecular weight is 428 g/mol. The van der Waals surface area contributed by atoms with Crippen LogP contribution in [0, 0.1) is 17.6 Å². The minimum Gasteiger partial charge on any atom is -0.326 e. The zero-order chi connectivity index (χ0) is 20.5. The number of carbonyl (C=O) groups is 2. The Labute approximate surface area is 177 Å². The third-order valence-electron chi connectivity index (χ3n) is 4.92. The van der Waals surface area contributed by atoms with Crippen LogP contribution in [0.3, 0.4) is 0 Å². The number of aryl methyl sites for hydroxylation is 1. The van der Waals surface area contributed by atoms with Gasteiger partial charge in [0, 0.05) is 17.3 Å². The molecule has 1 fully saturated rings. The molecule has 1 aliphatic carbocycles. The number of carbonyl (C=O) groups excluding carboxylic acids is 2. The van der Waals surface area contributed by atoms with Gasteiger partial charge in [-0.15, -0.1) is 11.3 Å². The van der Waals surface area contributed by atoms with Crippen LogP contribution in [-0.4, -0.2) is 26.6 Å². The van der Waals surface area contributed by atoms with Gasteiger partial charge in [-0.1, -0.05) is 12.1 Å². The van der Waals surface area contributed by atoms with Gasteiger partial charge >= 0.3 is 0 Å². The van der Waals surface area contributed by atoms with E-state index >= 15 is 0 Å². The number of H-pyrrole nitrogens is 1. The van der Waals surface area contributed by atoms with Crippen molar-refractivity contribution in [2.24, 2.45) is 5.92 Å². The number of amides is 2. The number of hydrogen-bond donors (Lipinski definition) is 3. The van der Waals surface area contributed by atoms with E-state index in [1.54, 1.807) is 17.6 Å². The number of hydrogen-bond acceptors (Lipinski definition) is 5. The highest BCUT2D eigenvalue weighted by molar-refractivity contribution is 7.71. The largest absolute Gasteiger partial charge is 0.326 e. The van der Waals surface area contributed by atoms with E-state index in [9.17, 15) is 9.59 Å². The molecule has 150 valence electrons. The zero-order valence-corrected chi connectivity index (χ0v) is 17.7. The highest BCUT2D eigenvalue weighted by Gasteiger charge is 2.29. The summed E-state index contributed by atoms with van der Waals surface area (Å²) in [4.78, 5) is 25.9. The van der Waals surface area contributed by atoms with Gasteiger partial charge in [0.2, 0.25) is 11.8 Å². The summed E-state index contributed by atoms with van der Waals surface area (Å²) in [6, 6.07) is 8.81. The summed E-state index contributed by atoms with van der Waals surface area (Å²) in [5.74, 6) is 0.571. The van der Waals surface area contributed by atoms with Gasteiger partial charge in [-0.25, -0.2) is 0 Å². The lowest BCUT2D eigenvalue weighted by Gasteiger charge is -2.17. The molecular weight excluding hydrogens is 406 g/mol. The van der Waals surface area contributed by atoms with Crippen LogP contribution in [-0.2, 0) is 9.59 Å². The van der Waals surface area contributed by atoms with Crippen LogP contribution in [0.15, 0.2) is 35.7 Å². The Morgan fingerprint density at radius 2 is 2.10 bits per heavy atom. The number of aromatic amines is 1. The maximum absolute atomic E-state index is 13.0. The normalized spacial score (nSPS) is 14.4. The molecule has 1 unspecified atom stereocenters. The van der Waals surface area contributed by atoms with E-state index in [0.29, 0.717) is 22.0 Å². The Hall–Kier alpha value is -2.78. The van der Waals surface area contributed by atoms with Crippen molar-refractivity contribution in [2.45, 2.75) is 32.7 Å². The Morgan fingerprint density at radius 1 is 1.31 bits per heavy atom. The third kappa shape index (κ3) is 4.15. The number of benzene rings is 1. The summed E-state index contributed by atoms with van der Waals surface area (Å²) in [5.41, 5.74) is 2.24. The predicted octanol–water partition coefficient (Wildman–Crippen LogP) is 4.53. The van der Waals surface area contributed by atoms with Gasteiger partial charge in [0.25, 0.3) is 0 Å². The predicted molar refractivity (Wildman–Crippen MR) is 117 cm³/mol. The maximum Gasteiger partial charge on any atom is 0.247 e. The van der Waals surface area contributed by atoms with Crippen molar-refractivity contribution >= 4 is 46.7 Å². The first-order valence-electron chi connectivity index (χ1n) is 9.37. The second kappa shape index (κ2) is 7.92. The topological polar surface area (TPSA) is 91.8 Å². The molecule has 2 amide bonds. The van der Waals surface area contributed by atoms with Crippen molar-refractivity contribution in [1.29, 1.82) is 0 Å². The Balaban J connectivity index is 1.54. The molecule has 1 aliphatic rings. The lowest BCUT2D eigenvalue weighted by molar-refractivity contribution is -0.119. The number of anilines is 2. The molecule has 2 heterocycles. The number of thiophene rings is 1. The van der Waals surface area contributed by atoms with Gasteiger partial charge in [0.15, 0.2) is 10.6 Å². The number of nitrogens with one attached hydrogen (secondary N) is 3. The Morgan fingerprint density at radius 3 is 2.79 bits per heavy atom. The molecule has 1 saturated carbocycles. The molecule has 0 spiro atoms. The SMILES string of the molecule is Cc1ccc(NC(=O)C2CC2)cc1NC(=O)C(C)n1c(-c2cccs2)n[nH]c1=S. The van der Waals surface area contributed by atoms with Crippen molar-refractivity contribution in [1.82, 2.24) is 14.8 Å². The second-order valence-corrected chi connectivity index (χ2v) is 8.49. The third-order valence-corrected chi connectivity index (χ3v) is 6.08. The van der Waals surface area contributed by atoms with Gasteiger partial charge in [-0.05, 0) is 68.0 Å². The van der Waals surface area contributed by atoms with E-state index in [-0.39, 0.29) is 17.7 Å². The number of nitrogens with zero attached hydrogens (tertiary/aromatic N) is 2. The fourth-order valence-corrected chi connectivity index (χ4v) is 4.02. The van der Waals surface area contributed by atoms with Crippen molar-refractivity contribution in [3.63, 3.8) is 0 Å². The van der Waals surface area contributed by atoms with Crippen LogP contribution in [0.2, 0.25) is 0 Å². The van der Waals surface area contributed by atoms with Gasteiger partial charge in [-0.2, -0.15) is 5.10 Å². The van der Waals surface area contributed by atoms with Crippen molar-refractivity contribution in [3.8, 4) is 10.7 Å². The first-order chi connectivity index (χ1) is 13.9. The lowest BCUT2D eigenvalue weighted by Crippen LogP contribution is -2.25. The van der Waals surface area contributed by atoms with Crippen LogP contribution in [0.5, 0.6) is 0 Å². The van der Waals surface area contributed by atoms with Gasteiger partial charge in [-0.3, -0.25) is 19.3 Å². The number of aromatic nitrogens is 3. The van der Waals surface area contributed by atoms with Crippen LogP contribution in [0.4, 0.5) is 11.4 Å². The van der Waals surface area contributed by atoms with Crippen molar-refractivity contribution in [2.75, 3.05) is 10.6 Å². The first-order valence-corrected chi connectivity index (χ1v) is 10.7. The molecule has 0 aliphatic heterocycles. The molecule has 1 atom stereocenters. The minimum absolute atomic E-state index is 0.0322. The van der Waals surface area contributed by atoms with Gasteiger partial charge in [0.1, 0.15) is 6.04 Å². The molecule has 0 radical (unpaired) electrons.